The van der Waals surface area contributed by atoms with Crippen LogP contribution in [0.15, 0.2) is 56.4 Å². The van der Waals surface area contributed by atoms with E-state index in [0.717, 1.165) is 16.0 Å². The Kier molecular flexibility index (Phi) is 3.48. The van der Waals surface area contributed by atoms with Gasteiger partial charge < -0.3 is 9.15 Å². The van der Waals surface area contributed by atoms with Gasteiger partial charge in [-0.2, -0.15) is 0 Å². The fourth-order valence-electron chi connectivity index (χ4n) is 2.30. The first-order valence-electron chi connectivity index (χ1n) is 6.86. The zero-order valence-electron chi connectivity index (χ0n) is 12.1. The first-order valence-corrected chi connectivity index (χ1v) is 8.62. The Morgan fingerprint density at radius 1 is 1.17 bits per heavy atom. The van der Waals surface area contributed by atoms with Gasteiger partial charge in [0.05, 0.1) is 23.2 Å². The van der Waals surface area contributed by atoms with Gasteiger partial charge in [-0.3, -0.25) is 0 Å². The van der Waals surface area contributed by atoms with Crippen molar-refractivity contribution in [3.8, 4) is 26.9 Å². The van der Waals surface area contributed by atoms with Crippen molar-refractivity contribution in [2.45, 2.75) is 0 Å². The molecule has 0 saturated carbocycles. The quantitative estimate of drug-likeness (QED) is 0.509. The predicted octanol–water partition coefficient (Wildman–Crippen LogP) is 4.65. The maximum Gasteiger partial charge on any atom is 0.346 e. The van der Waals surface area contributed by atoms with Crippen LogP contribution in [-0.2, 0) is 0 Å². The molecule has 0 amide bonds. The molecule has 3 aromatic heterocycles. The first kappa shape index (κ1) is 14.2. The van der Waals surface area contributed by atoms with Gasteiger partial charge in [-0.25, -0.2) is 9.78 Å². The summed E-state index contributed by atoms with van der Waals surface area (Å²) in [5.74, 6) is 0.655. The van der Waals surface area contributed by atoms with Crippen LogP contribution >= 0.6 is 22.7 Å². The Morgan fingerprint density at radius 2 is 2.09 bits per heavy atom. The third-order valence-corrected chi connectivity index (χ3v) is 5.22. The van der Waals surface area contributed by atoms with Crippen LogP contribution in [0.5, 0.6) is 5.75 Å². The molecule has 0 N–H and O–H groups in total. The number of rotatable bonds is 3. The normalized spacial score (nSPS) is 11.0. The van der Waals surface area contributed by atoms with Crippen molar-refractivity contribution in [2.75, 3.05) is 7.11 Å². The molecule has 4 nitrogen and oxygen atoms in total. The lowest BCUT2D eigenvalue weighted by Crippen LogP contribution is -2.02. The lowest BCUT2D eigenvalue weighted by atomic mass is 10.2. The van der Waals surface area contributed by atoms with Gasteiger partial charge in [-0.05, 0) is 29.6 Å². The molecule has 4 rings (SSSR count). The lowest BCUT2D eigenvalue weighted by Gasteiger charge is -2.02. The summed E-state index contributed by atoms with van der Waals surface area (Å²) < 4.78 is 10.6. The van der Waals surface area contributed by atoms with Gasteiger partial charge in [0.1, 0.15) is 16.3 Å². The van der Waals surface area contributed by atoms with E-state index in [0.29, 0.717) is 21.9 Å². The van der Waals surface area contributed by atoms with E-state index in [-0.39, 0.29) is 0 Å². The van der Waals surface area contributed by atoms with Crippen LogP contribution in [0.1, 0.15) is 0 Å². The number of thiophene rings is 1. The Hall–Kier alpha value is -2.44. The number of thiazole rings is 1. The second-order valence-electron chi connectivity index (χ2n) is 4.87. The number of benzene rings is 1. The first-order chi connectivity index (χ1) is 11.2. The summed E-state index contributed by atoms with van der Waals surface area (Å²) in [6.45, 7) is 0. The van der Waals surface area contributed by atoms with E-state index < -0.39 is 5.63 Å². The molecule has 1 aromatic carbocycles. The highest BCUT2D eigenvalue weighted by Gasteiger charge is 2.13. The third kappa shape index (κ3) is 2.56. The van der Waals surface area contributed by atoms with Crippen LogP contribution in [0, 0.1) is 0 Å². The predicted molar refractivity (Wildman–Crippen MR) is 93.5 cm³/mol. The van der Waals surface area contributed by atoms with Gasteiger partial charge in [-0.15, -0.1) is 22.7 Å². The maximum atomic E-state index is 12.3. The van der Waals surface area contributed by atoms with Crippen molar-refractivity contribution in [3.05, 3.63) is 57.6 Å². The van der Waals surface area contributed by atoms with Gasteiger partial charge in [0.2, 0.25) is 0 Å². The maximum absolute atomic E-state index is 12.3. The topological polar surface area (TPSA) is 52.3 Å². The molecule has 0 atom stereocenters. The van der Waals surface area contributed by atoms with Gasteiger partial charge >= 0.3 is 5.63 Å². The van der Waals surface area contributed by atoms with E-state index in [2.05, 4.69) is 4.98 Å². The van der Waals surface area contributed by atoms with E-state index >= 15 is 0 Å². The summed E-state index contributed by atoms with van der Waals surface area (Å²) in [5.41, 5.74) is 1.48. The van der Waals surface area contributed by atoms with Crippen LogP contribution in [-0.4, -0.2) is 12.1 Å². The molecule has 3 heterocycles. The number of aromatic nitrogens is 1. The second kappa shape index (κ2) is 5.64. The number of hydrogen-bond acceptors (Lipinski definition) is 6. The van der Waals surface area contributed by atoms with E-state index in [4.69, 9.17) is 9.15 Å². The zero-order chi connectivity index (χ0) is 15.8. The molecule has 0 unspecified atom stereocenters. The molecule has 0 bridgehead atoms. The van der Waals surface area contributed by atoms with E-state index in [9.17, 15) is 4.79 Å². The molecule has 114 valence electrons. The second-order valence-corrected chi connectivity index (χ2v) is 6.67. The summed E-state index contributed by atoms with van der Waals surface area (Å²) in [7, 11) is 1.58. The Morgan fingerprint density at radius 3 is 2.87 bits per heavy atom. The molecule has 0 aliphatic carbocycles. The number of nitrogens with zero attached hydrogens (tertiary/aromatic N) is 1. The summed E-state index contributed by atoms with van der Waals surface area (Å²) in [4.78, 5) is 17.9. The molecule has 0 spiro atoms. The number of fused-ring (bicyclic) bond motifs is 1. The van der Waals surface area contributed by atoms with Crippen molar-refractivity contribution in [1.29, 1.82) is 0 Å². The summed E-state index contributed by atoms with van der Waals surface area (Å²) in [5, 5.41) is 5.47. The average molecular weight is 341 g/mol. The van der Waals surface area contributed by atoms with Crippen molar-refractivity contribution < 1.29 is 9.15 Å². The zero-order valence-corrected chi connectivity index (χ0v) is 13.7. The SMILES string of the molecule is COc1ccc2cc(-c3nc(-c4cccs4)cs3)c(=O)oc2c1. The molecule has 0 saturated heterocycles. The molecule has 4 aromatic rings. The van der Waals surface area contributed by atoms with Crippen LogP contribution in [0.2, 0.25) is 0 Å². The Bertz CT molecular complexity index is 1030. The summed E-state index contributed by atoms with van der Waals surface area (Å²) in [6, 6.07) is 11.2. The molecular formula is C17H11NO3S2. The standard InChI is InChI=1S/C17H11NO3S2/c1-20-11-5-4-10-7-12(17(19)21-14(10)8-11)16-18-13(9-23-16)15-3-2-6-22-15/h2-9H,1H3. The Balaban J connectivity index is 1.82. The third-order valence-electron chi connectivity index (χ3n) is 3.45. The smallest absolute Gasteiger partial charge is 0.346 e. The van der Waals surface area contributed by atoms with E-state index in [1.54, 1.807) is 24.5 Å². The number of hydrogen-bond donors (Lipinski definition) is 0. The van der Waals surface area contributed by atoms with Crippen molar-refractivity contribution in [3.63, 3.8) is 0 Å². The van der Waals surface area contributed by atoms with Gasteiger partial charge in [0, 0.05) is 16.8 Å². The van der Waals surface area contributed by atoms with Crippen LogP contribution in [0.3, 0.4) is 0 Å². The average Bonchev–Trinajstić information content (AvgIpc) is 3.24. The lowest BCUT2D eigenvalue weighted by molar-refractivity contribution is 0.414. The molecule has 0 aliphatic heterocycles. The van der Waals surface area contributed by atoms with E-state index in [1.807, 2.05) is 41.1 Å². The van der Waals surface area contributed by atoms with Crippen molar-refractivity contribution >= 4 is 33.6 Å². The molecule has 0 aliphatic rings. The van der Waals surface area contributed by atoms with Crippen LogP contribution < -0.4 is 10.4 Å². The molecule has 23 heavy (non-hydrogen) atoms. The van der Waals surface area contributed by atoms with Crippen LogP contribution in [0.25, 0.3) is 32.1 Å². The van der Waals surface area contributed by atoms with Crippen LogP contribution in [0.4, 0.5) is 0 Å². The van der Waals surface area contributed by atoms with Gasteiger partial charge in [-0.1, -0.05) is 6.07 Å². The fraction of sp³-hybridized carbons (Fsp3) is 0.0588. The molecule has 0 fully saturated rings. The van der Waals surface area contributed by atoms with Gasteiger partial charge in [0.15, 0.2) is 0 Å². The van der Waals surface area contributed by atoms with Crippen molar-refractivity contribution in [2.24, 2.45) is 0 Å². The highest BCUT2D eigenvalue weighted by molar-refractivity contribution is 7.15. The minimum atomic E-state index is -0.391. The number of methoxy groups -OCH3 is 1. The fourth-order valence-corrected chi connectivity index (χ4v) is 3.89. The summed E-state index contributed by atoms with van der Waals surface area (Å²) in [6.07, 6.45) is 0. The van der Waals surface area contributed by atoms with E-state index in [1.165, 1.54) is 11.3 Å². The Labute approximate surface area is 139 Å². The highest BCUT2D eigenvalue weighted by Crippen LogP contribution is 2.31. The minimum Gasteiger partial charge on any atom is -0.497 e. The molecule has 0 radical (unpaired) electrons. The van der Waals surface area contributed by atoms with Crippen molar-refractivity contribution in [1.82, 2.24) is 4.98 Å². The largest absolute Gasteiger partial charge is 0.497 e. The molecule has 6 heteroatoms. The molecular weight excluding hydrogens is 330 g/mol. The van der Waals surface area contributed by atoms with Gasteiger partial charge in [0.25, 0.3) is 0 Å². The highest BCUT2D eigenvalue weighted by atomic mass is 32.1. The minimum absolute atomic E-state index is 0.391. The monoisotopic (exact) mass is 341 g/mol. The summed E-state index contributed by atoms with van der Waals surface area (Å²) >= 11 is 3.07. The number of ether oxygens (including phenoxy) is 1.